The SMILES string of the molecule is CCC(O)c1cc2n(n1)CCN(CCn1cnnc1)C2. The molecule has 0 saturated carbocycles. The molecule has 1 atom stereocenters. The lowest BCUT2D eigenvalue weighted by molar-refractivity contribution is 0.166. The van der Waals surface area contributed by atoms with Crippen molar-refractivity contribution < 1.29 is 5.11 Å². The Morgan fingerprint density at radius 3 is 2.80 bits per heavy atom. The fourth-order valence-corrected chi connectivity index (χ4v) is 2.50. The normalized spacial score (nSPS) is 17.1. The lowest BCUT2D eigenvalue weighted by atomic mass is 10.2. The third kappa shape index (κ3) is 2.73. The maximum absolute atomic E-state index is 9.87. The Labute approximate surface area is 117 Å². The van der Waals surface area contributed by atoms with Gasteiger partial charge in [0.25, 0.3) is 0 Å². The molecule has 0 radical (unpaired) electrons. The topological polar surface area (TPSA) is 72.0 Å². The van der Waals surface area contributed by atoms with E-state index in [1.54, 1.807) is 12.7 Å². The zero-order valence-corrected chi connectivity index (χ0v) is 11.7. The molecule has 0 aromatic carbocycles. The number of aliphatic hydroxyl groups is 1. The van der Waals surface area contributed by atoms with E-state index in [9.17, 15) is 5.11 Å². The number of fused-ring (bicyclic) bond motifs is 1. The summed E-state index contributed by atoms with van der Waals surface area (Å²) in [5.74, 6) is 0. The predicted octanol–water partition coefficient (Wildman–Crippen LogP) is 0.434. The van der Waals surface area contributed by atoms with Crippen molar-refractivity contribution in [3.8, 4) is 0 Å². The molecule has 1 unspecified atom stereocenters. The Hall–Kier alpha value is -1.73. The summed E-state index contributed by atoms with van der Waals surface area (Å²) >= 11 is 0. The van der Waals surface area contributed by atoms with Crippen LogP contribution in [0, 0.1) is 0 Å². The van der Waals surface area contributed by atoms with E-state index < -0.39 is 6.10 Å². The summed E-state index contributed by atoms with van der Waals surface area (Å²) < 4.78 is 4.00. The largest absolute Gasteiger partial charge is 0.387 e. The molecule has 0 amide bonds. The molecule has 3 heterocycles. The van der Waals surface area contributed by atoms with Crippen LogP contribution in [-0.4, -0.2) is 47.6 Å². The maximum Gasteiger partial charge on any atom is 0.119 e. The highest BCUT2D eigenvalue weighted by Gasteiger charge is 2.20. The summed E-state index contributed by atoms with van der Waals surface area (Å²) in [6, 6.07) is 2.03. The number of aromatic nitrogens is 5. The van der Waals surface area contributed by atoms with Crippen LogP contribution in [0.25, 0.3) is 0 Å². The summed E-state index contributed by atoms with van der Waals surface area (Å²) in [5.41, 5.74) is 1.98. The van der Waals surface area contributed by atoms with Gasteiger partial charge in [-0.3, -0.25) is 9.58 Å². The summed E-state index contributed by atoms with van der Waals surface area (Å²) in [6.45, 7) is 6.58. The third-order valence-corrected chi connectivity index (χ3v) is 3.76. The van der Waals surface area contributed by atoms with Gasteiger partial charge in [0.15, 0.2) is 0 Å². The Bertz CT molecular complexity index is 549. The standard InChI is InChI=1S/C13H20N6O/c1-2-13(20)12-7-11-8-17(5-6-19(11)16-12)3-4-18-9-14-15-10-18/h7,9-10,13,20H,2-6,8H2,1H3. The second-order valence-electron chi connectivity index (χ2n) is 5.18. The highest BCUT2D eigenvalue weighted by Crippen LogP contribution is 2.19. The van der Waals surface area contributed by atoms with Gasteiger partial charge in [-0.05, 0) is 12.5 Å². The highest BCUT2D eigenvalue weighted by molar-refractivity contribution is 5.14. The zero-order chi connectivity index (χ0) is 13.9. The summed E-state index contributed by atoms with van der Waals surface area (Å²) in [7, 11) is 0. The van der Waals surface area contributed by atoms with Crippen LogP contribution in [0.2, 0.25) is 0 Å². The van der Waals surface area contributed by atoms with Gasteiger partial charge in [0.1, 0.15) is 12.7 Å². The Morgan fingerprint density at radius 1 is 1.25 bits per heavy atom. The molecule has 20 heavy (non-hydrogen) atoms. The van der Waals surface area contributed by atoms with Crippen LogP contribution in [-0.2, 0) is 19.6 Å². The van der Waals surface area contributed by atoms with Gasteiger partial charge in [0, 0.05) is 26.2 Å². The van der Waals surface area contributed by atoms with Crippen molar-refractivity contribution in [2.45, 2.75) is 39.1 Å². The van der Waals surface area contributed by atoms with Gasteiger partial charge in [-0.25, -0.2) is 0 Å². The Balaban J connectivity index is 1.61. The fourth-order valence-electron chi connectivity index (χ4n) is 2.50. The smallest absolute Gasteiger partial charge is 0.119 e. The van der Waals surface area contributed by atoms with Crippen LogP contribution in [0.3, 0.4) is 0 Å². The molecule has 7 nitrogen and oxygen atoms in total. The second kappa shape index (κ2) is 5.72. The molecular weight excluding hydrogens is 256 g/mol. The van der Waals surface area contributed by atoms with Gasteiger partial charge in [-0.15, -0.1) is 10.2 Å². The molecule has 0 bridgehead atoms. The van der Waals surface area contributed by atoms with Crippen molar-refractivity contribution >= 4 is 0 Å². The molecule has 1 aliphatic heterocycles. The maximum atomic E-state index is 9.87. The molecule has 2 aromatic heterocycles. The molecule has 1 aliphatic rings. The molecule has 0 saturated heterocycles. The Kier molecular flexibility index (Phi) is 3.79. The first kappa shape index (κ1) is 13.3. The predicted molar refractivity (Wildman–Crippen MR) is 72.8 cm³/mol. The van der Waals surface area contributed by atoms with Gasteiger partial charge in [-0.2, -0.15) is 5.10 Å². The van der Waals surface area contributed by atoms with Crippen molar-refractivity contribution in [1.29, 1.82) is 0 Å². The number of hydrogen-bond acceptors (Lipinski definition) is 5. The molecule has 3 rings (SSSR count). The number of nitrogens with zero attached hydrogens (tertiary/aromatic N) is 6. The van der Waals surface area contributed by atoms with Gasteiger partial charge < -0.3 is 9.67 Å². The monoisotopic (exact) mass is 276 g/mol. The molecule has 0 aliphatic carbocycles. The summed E-state index contributed by atoms with van der Waals surface area (Å²) in [4.78, 5) is 2.39. The van der Waals surface area contributed by atoms with E-state index >= 15 is 0 Å². The van der Waals surface area contributed by atoms with E-state index in [-0.39, 0.29) is 0 Å². The number of rotatable bonds is 5. The fraction of sp³-hybridized carbons (Fsp3) is 0.615. The van der Waals surface area contributed by atoms with E-state index in [1.807, 2.05) is 22.2 Å². The van der Waals surface area contributed by atoms with Crippen molar-refractivity contribution in [3.63, 3.8) is 0 Å². The van der Waals surface area contributed by atoms with Gasteiger partial charge in [0.05, 0.1) is 24.0 Å². The molecule has 1 N–H and O–H groups in total. The lowest BCUT2D eigenvalue weighted by Gasteiger charge is -2.27. The molecule has 7 heteroatoms. The first-order valence-electron chi connectivity index (χ1n) is 7.05. The Morgan fingerprint density at radius 2 is 2.05 bits per heavy atom. The van der Waals surface area contributed by atoms with Crippen molar-refractivity contribution in [3.05, 3.63) is 30.1 Å². The molecule has 0 fully saturated rings. The quantitative estimate of drug-likeness (QED) is 0.857. The van der Waals surface area contributed by atoms with Crippen molar-refractivity contribution in [2.24, 2.45) is 0 Å². The van der Waals surface area contributed by atoms with E-state index in [2.05, 4.69) is 20.2 Å². The number of aliphatic hydroxyl groups excluding tert-OH is 1. The average Bonchev–Trinajstić information content (AvgIpc) is 3.12. The lowest BCUT2D eigenvalue weighted by Crippen LogP contribution is -2.35. The second-order valence-corrected chi connectivity index (χ2v) is 5.18. The summed E-state index contributed by atoms with van der Waals surface area (Å²) in [6.07, 6.45) is 3.74. The van der Waals surface area contributed by atoms with Crippen molar-refractivity contribution in [2.75, 3.05) is 13.1 Å². The average molecular weight is 276 g/mol. The van der Waals surface area contributed by atoms with Gasteiger partial charge in [-0.1, -0.05) is 6.92 Å². The van der Waals surface area contributed by atoms with E-state index in [0.717, 1.165) is 38.4 Å². The zero-order valence-electron chi connectivity index (χ0n) is 11.7. The van der Waals surface area contributed by atoms with E-state index in [4.69, 9.17) is 0 Å². The molecular formula is C13H20N6O. The van der Waals surface area contributed by atoms with Crippen LogP contribution in [0.15, 0.2) is 18.7 Å². The first-order chi connectivity index (χ1) is 9.76. The minimum atomic E-state index is -0.446. The van der Waals surface area contributed by atoms with Crippen LogP contribution in [0.4, 0.5) is 0 Å². The third-order valence-electron chi connectivity index (χ3n) is 3.76. The van der Waals surface area contributed by atoms with Crippen LogP contribution < -0.4 is 0 Å². The molecule has 0 spiro atoms. The minimum absolute atomic E-state index is 0.446. The minimum Gasteiger partial charge on any atom is -0.387 e. The van der Waals surface area contributed by atoms with E-state index in [1.165, 1.54) is 5.69 Å². The van der Waals surface area contributed by atoms with Gasteiger partial charge in [0.2, 0.25) is 0 Å². The first-order valence-corrected chi connectivity index (χ1v) is 7.05. The van der Waals surface area contributed by atoms with Crippen molar-refractivity contribution in [1.82, 2.24) is 29.4 Å². The van der Waals surface area contributed by atoms with E-state index in [0.29, 0.717) is 6.42 Å². The molecule has 2 aromatic rings. The van der Waals surface area contributed by atoms with Crippen LogP contribution in [0.1, 0.15) is 30.8 Å². The highest BCUT2D eigenvalue weighted by atomic mass is 16.3. The van der Waals surface area contributed by atoms with Crippen LogP contribution in [0.5, 0.6) is 0 Å². The van der Waals surface area contributed by atoms with Crippen LogP contribution >= 0.6 is 0 Å². The number of hydrogen-bond donors (Lipinski definition) is 1. The summed E-state index contributed by atoms with van der Waals surface area (Å²) in [5, 5.41) is 22.0. The molecule has 108 valence electrons. The van der Waals surface area contributed by atoms with Gasteiger partial charge >= 0.3 is 0 Å².